The van der Waals surface area contributed by atoms with Crippen molar-refractivity contribution in [1.82, 2.24) is 0 Å². The van der Waals surface area contributed by atoms with Gasteiger partial charge in [-0.2, -0.15) is 0 Å². The lowest BCUT2D eigenvalue weighted by Crippen LogP contribution is -2.12. The average molecular weight is 413 g/mol. The van der Waals surface area contributed by atoms with Crippen molar-refractivity contribution in [2.24, 2.45) is 5.14 Å². The molecule has 0 saturated carbocycles. The second kappa shape index (κ2) is 8.98. The quantitative estimate of drug-likeness (QED) is 0.587. The summed E-state index contributed by atoms with van der Waals surface area (Å²) < 4.78 is 34.4. The molecule has 0 fully saturated rings. The Labute approximate surface area is 171 Å². The minimum absolute atomic E-state index is 0.0756. The molecule has 29 heavy (non-hydrogen) atoms. The third-order valence-corrected chi connectivity index (χ3v) is 5.51. The fourth-order valence-corrected chi connectivity index (χ4v) is 3.42. The van der Waals surface area contributed by atoms with E-state index in [9.17, 15) is 8.42 Å². The van der Waals surface area contributed by atoms with Crippen LogP contribution in [0.1, 0.15) is 16.7 Å². The number of ether oxygens (including phenoxy) is 2. The fourth-order valence-electron chi connectivity index (χ4n) is 2.91. The van der Waals surface area contributed by atoms with Gasteiger partial charge in [0.05, 0.1) is 12.0 Å². The van der Waals surface area contributed by atoms with Gasteiger partial charge in [-0.1, -0.05) is 36.4 Å². The number of hydrogen-bond donors (Lipinski definition) is 2. The maximum absolute atomic E-state index is 11.4. The van der Waals surface area contributed by atoms with Crippen LogP contribution in [-0.2, 0) is 23.2 Å². The van der Waals surface area contributed by atoms with Gasteiger partial charge in [-0.15, -0.1) is 0 Å². The van der Waals surface area contributed by atoms with Gasteiger partial charge in [0.1, 0.15) is 6.61 Å². The van der Waals surface area contributed by atoms with Crippen LogP contribution in [0, 0.1) is 6.92 Å². The second-order valence-corrected chi connectivity index (χ2v) is 8.15. The second-order valence-electron chi connectivity index (χ2n) is 6.59. The predicted octanol–water partition coefficient (Wildman–Crippen LogP) is 3.84. The molecule has 0 aliphatic carbocycles. The molecule has 152 valence electrons. The number of primary sulfonamides is 1. The molecule has 0 unspecified atom stereocenters. The van der Waals surface area contributed by atoms with Crippen LogP contribution < -0.4 is 19.9 Å². The molecular formula is C22H24N2O4S. The molecule has 0 saturated heterocycles. The van der Waals surface area contributed by atoms with Crippen LogP contribution in [0.2, 0.25) is 0 Å². The van der Waals surface area contributed by atoms with E-state index in [4.69, 9.17) is 14.6 Å². The van der Waals surface area contributed by atoms with Crippen molar-refractivity contribution in [3.8, 4) is 11.5 Å². The SMILES string of the molecule is COc1cccc(CNc2ccc(S(N)(=O)=O)cc2)c1OCc1ccccc1C. The maximum Gasteiger partial charge on any atom is 0.238 e. The molecule has 3 aromatic carbocycles. The van der Waals surface area contributed by atoms with E-state index >= 15 is 0 Å². The number of rotatable bonds is 8. The predicted molar refractivity (Wildman–Crippen MR) is 114 cm³/mol. The number of anilines is 1. The van der Waals surface area contributed by atoms with Crippen LogP contribution >= 0.6 is 0 Å². The normalized spacial score (nSPS) is 11.1. The van der Waals surface area contributed by atoms with Gasteiger partial charge in [0.15, 0.2) is 11.5 Å². The number of sulfonamides is 1. The molecule has 0 aromatic heterocycles. The molecule has 0 atom stereocenters. The Bertz CT molecular complexity index is 1080. The maximum atomic E-state index is 11.4. The van der Waals surface area contributed by atoms with Gasteiger partial charge in [0, 0.05) is 17.8 Å². The van der Waals surface area contributed by atoms with Gasteiger partial charge in [-0.05, 0) is 48.4 Å². The molecule has 0 bridgehead atoms. The highest BCUT2D eigenvalue weighted by Gasteiger charge is 2.12. The first-order valence-corrected chi connectivity index (χ1v) is 10.6. The van der Waals surface area contributed by atoms with Crippen LogP contribution in [-0.4, -0.2) is 15.5 Å². The van der Waals surface area contributed by atoms with Crippen molar-refractivity contribution < 1.29 is 17.9 Å². The molecule has 6 nitrogen and oxygen atoms in total. The number of nitrogens with two attached hydrogens (primary N) is 1. The summed E-state index contributed by atoms with van der Waals surface area (Å²) in [6.45, 7) is 2.96. The zero-order valence-electron chi connectivity index (χ0n) is 16.4. The van der Waals surface area contributed by atoms with Gasteiger partial charge < -0.3 is 14.8 Å². The molecule has 3 N–H and O–H groups in total. The van der Waals surface area contributed by atoms with Crippen molar-refractivity contribution in [2.75, 3.05) is 12.4 Å². The summed E-state index contributed by atoms with van der Waals surface area (Å²) >= 11 is 0. The third kappa shape index (κ3) is 5.28. The molecule has 0 heterocycles. The summed E-state index contributed by atoms with van der Waals surface area (Å²) in [7, 11) is -2.09. The number of nitrogens with one attached hydrogen (secondary N) is 1. The largest absolute Gasteiger partial charge is 0.493 e. The van der Waals surface area contributed by atoms with Gasteiger partial charge in [0.25, 0.3) is 0 Å². The van der Waals surface area contributed by atoms with E-state index in [0.29, 0.717) is 24.7 Å². The van der Waals surface area contributed by atoms with E-state index in [1.807, 2.05) is 36.4 Å². The summed E-state index contributed by atoms with van der Waals surface area (Å²) in [5, 5.41) is 8.41. The number of benzene rings is 3. The van der Waals surface area contributed by atoms with E-state index in [-0.39, 0.29) is 4.90 Å². The topological polar surface area (TPSA) is 90.6 Å². The van der Waals surface area contributed by atoms with E-state index in [0.717, 1.165) is 22.4 Å². The van der Waals surface area contributed by atoms with E-state index < -0.39 is 10.0 Å². The highest BCUT2D eigenvalue weighted by molar-refractivity contribution is 7.89. The molecule has 0 spiro atoms. The number of aryl methyl sites for hydroxylation is 1. The van der Waals surface area contributed by atoms with Gasteiger partial charge in [-0.25, -0.2) is 13.6 Å². The first-order valence-electron chi connectivity index (χ1n) is 9.08. The van der Waals surface area contributed by atoms with Crippen LogP contribution in [0.3, 0.4) is 0 Å². The minimum atomic E-state index is -3.70. The lowest BCUT2D eigenvalue weighted by Gasteiger charge is -2.17. The first-order chi connectivity index (χ1) is 13.9. The molecule has 3 aromatic rings. The smallest absolute Gasteiger partial charge is 0.238 e. The summed E-state index contributed by atoms with van der Waals surface area (Å²) in [6, 6.07) is 20.1. The molecule has 0 amide bonds. The highest BCUT2D eigenvalue weighted by atomic mass is 32.2. The standard InChI is InChI=1S/C22H24N2O4S/c1-16-6-3-4-7-18(16)15-28-22-17(8-5-9-21(22)27-2)14-24-19-10-12-20(13-11-19)29(23,25)26/h3-13,24H,14-15H2,1-2H3,(H2,23,25,26). The Morgan fingerprint density at radius 3 is 2.28 bits per heavy atom. The van der Waals surface area contributed by atoms with Gasteiger partial charge >= 0.3 is 0 Å². The Morgan fingerprint density at radius 1 is 0.931 bits per heavy atom. The molecule has 7 heteroatoms. The Morgan fingerprint density at radius 2 is 1.62 bits per heavy atom. The van der Waals surface area contributed by atoms with Crippen molar-refractivity contribution in [1.29, 1.82) is 0 Å². The number of methoxy groups -OCH3 is 1. The zero-order chi connectivity index (χ0) is 20.9. The van der Waals surface area contributed by atoms with E-state index in [1.54, 1.807) is 19.2 Å². The summed E-state index contributed by atoms with van der Waals surface area (Å²) in [6.07, 6.45) is 0. The lowest BCUT2D eigenvalue weighted by molar-refractivity contribution is 0.281. The third-order valence-electron chi connectivity index (χ3n) is 4.58. The summed E-state index contributed by atoms with van der Waals surface area (Å²) in [5.41, 5.74) is 3.96. The Kier molecular flexibility index (Phi) is 6.41. The zero-order valence-corrected chi connectivity index (χ0v) is 17.2. The van der Waals surface area contributed by atoms with Crippen LogP contribution in [0.15, 0.2) is 71.6 Å². The fraction of sp³-hybridized carbons (Fsp3) is 0.182. The van der Waals surface area contributed by atoms with Crippen molar-refractivity contribution >= 4 is 15.7 Å². The summed E-state index contributed by atoms with van der Waals surface area (Å²) in [4.78, 5) is 0.0756. The highest BCUT2D eigenvalue weighted by Crippen LogP contribution is 2.32. The summed E-state index contributed by atoms with van der Waals surface area (Å²) in [5.74, 6) is 1.33. The first kappa shape index (κ1) is 20.7. The number of para-hydroxylation sites is 1. The van der Waals surface area contributed by atoms with Crippen LogP contribution in [0.4, 0.5) is 5.69 Å². The van der Waals surface area contributed by atoms with E-state index in [2.05, 4.69) is 18.3 Å². The van der Waals surface area contributed by atoms with Crippen LogP contribution in [0.25, 0.3) is 0 Å². The van der Waals surface area contributed by atoms with Crippen molar-refractivity contribution in [3.63, 3.8) is 0 Å². The number of hydrogen-bond acceptors (Lipinski definition) is 5. The minimum Gasteiger partial charge on any atom is -0.493 e. The Balaban J connectivity index is 1.76. The molecule has 0 radical (unpaired) electrons. The molecule has 3 rings (SSSR count). The van der Waals surface area contributed by atoms with Gasteiger partial charge in [-0.3, -0.25) is 0 Å². The van der Waals surface area contributed by atoms with Gasteiger partial charge in [0.2, 0.25) is 10.0 Å². The van der Waals surface area contributed by atoms with Crippen molar-refractivity contribution in [2.45, 2.75) is 25.0 Å². The Hall–Kier alpha value is -3.03. The van der Waals surface area contributed by atoms with Crippen LogP contribution in [0.5, 0.6) is 11.5 Å². The molecule has 0 aliphatic rings. The average Bonchev–Trinajstić information content (AvgIpc) is 2.71. The van der Waals surface area contributed by atoms with E-state index in [1.165, 1.54) is 12.1 Å². The monoisotopic (exact) mass is 412 g/mol. The molecule has 0 aliphatic heterocycles. The molecular weight excluding hydrogens is 388 g/mol. The van der Waals surface area contributed by atoms with Crippen molar-refractivity contribution in [3.05, 3.63) is 83.4 Å². The lowest BCUT2D eigenvalue weighted by atomic mass is 10.1.